The number of nitrogens with one attached hydrogen (secondary N) is 1. The minimum Gasteiger partial charge on any atom is -0.481 e. The number of oxazole rings is 1. The van der Waals surface area contributed by atoms with Gasteiger partial charge in [-0.25, -0.2) is 4.98 Å². The van der Waals surface area contributed by atoms with Gasteiger partial charge in [-0.15, -0.1) is 0 Å². The molecule has 5 nitrogen and oxygen atoms in total. The van der Waals surface area contributed by atoms with E-state index in [1.165, 1.54) is 6.07 Å². The van der Waals surface area contributed by atoms with Gasteiger partial charge in [0.2, 0.25) is 5.89 Å². The molecule has 1 heterocycles. The zero-order valence-electron chi connectivity index (χ0n) is 15.4. The first-order valence-corrected chi connectivity index (χ1v) is 9.35. The molecule has 152 valence electrons. The highest BCUT2D eigenvalue weighted by molar-refractivity contribution is 5.77. The van der Waals surface area contributed by atoms with Gasteiger partial charge in [-0.05, 0) is 54.2 Å². The van der Waals surface area contributed by atoms with Crippen molar-refractivity contribution in [2.24, 2.45) is 0 Å². The Hall–Kier alpha value is -2.87. The second-order valence-corrected chi connectivity index (χ2v) is 7.22. The topological polar surface area (TPSA) is 75.4 Å². The number of carboxylic acid groups (broad SMARTS) is 1. The molecule has 1 fully saturated rings. The fourth-order valence-corrected chi connectivity index (χ4v) is 3.32. The fraction of sp³-hybridized carbons (Fsp3) is 0.333. The molecular weight excluding hydrogens is 385 g/mol. The minimum absolute atomic E-state index is 0.0134. The molecule has 0 unspecified atom stereocenters. The SMILES string of the molecule is O=C(O)CCNCc1ccc2nc(-c3ccc(C4CC4)c(C(F)(F)F)c3)oc2c1. The molecule has 1 aliphatic rings. The van der Waals surface area contributed by atoms with Crippen molar-refractivity contribution < 1.29 is 27.5 Å². The normalized spacial score (nSPS) is 14.4. The lowest BCUT2D eigenvalue weighted by Gasteiger charge is -2.13. The van der Waals surface area contributed by atoms with Crippen LogP contribution in [0.2, 0.25) is 0 Å². The predicted octanol–water partition coefficient (Wildman–Crippen LogP) is 4.96. The summed E-state index contributed by atoms with van der Waals surface area (Å²) in [7, 11) is 0. The Morgan fingerprint density at radius 1 is 1.21 bits per heavy atom. The molecule has 3 aromatic rings. The predicted molar refractivity (Wildman–Crippen MR) is 100 cm³/mol. The summed E-state index contributed by atoms with van der Waals surface area (Å²) in [5.41, 5.74) is 1.89. The van der Waals surface area contributed by atoms with Gasteiger partial charge in [0, 0.05) is 18.7 Å². The van der Waals surface area contributed by atoms with Crippen LogP contribution in [-0.2, 0) is 17.5 Å². The summed E-state index contributed by atoms with van der Waals surface area (Å²) >= 11 is 0. The summed E-state index contributed by atoms with van der Waals surface area (Å²) in [6.07, 6.45) is -2.83. The molecule has 29 heavy (non-hydrogen) atoms. The first-order chi connectivity index (χ1) is 13.8. The third kappa shape index (κ3) is 4.42. The number of aliphatic carboxylic acids is 1. The zero-order chi connectivity index (χ0) is 20.6. The Bertz CT molecular complexity index is 1050. The van der Waals surface area contributed by atoms with E-state index in [-0.39, 0.29) is 18.2 Å². The lowest BCUT2D eigenvalue weighted by molar-refractivity contribution is -0.138. The van der Waals surface area contributed by atoms with Crippen LogP contribution < -0.4 is 5.32 Å². The molecule has 2 aromatic carbocycles. The molecule has 1 aromatic heterocycles. The van der Waals surface area contributed by atoms with Crippen molar-refractivity contribution in [1.82, 2.24) is 10.3 Å². The molecule has 8 heteroatoms. The van der Waals surface area contributed by atoms with E-state index in [1.54, 1.807) is 18.2 Å². The van der Waals surface area contributed by atoms with E-state index in [0.29, 0.717) is 35.3 Å². The minimum atomic E-state index is -4.42. The van der Waals surface area contributed by atoms with Crippen LogP contribution in [0, 0.1) is 0 Å². The molecule has 0 bridgehead atoms. The van der Waals surface area contributed by atoms with Gasteiger partial charge in [-0.3, -0.25) is 4.79 Å². The van der Waals surface area contributed by atoms with Crippen molar-refractivity contribution in [1.29, 1.82) is 0 Å². The van der Waals surface area contributed by atoms with Crippen LogP contribution in [0.5, 0.6) is 0 Å². The van der Waals surface area contributed by atoms with E-state index in [1.807, 2.05) is 6.07 Å². The van der Waals surface area contributed by atoms with Crippen LogP contribution in [-0.4, -0.2) is 22.6 Å². The van der Waals surface area contributed by atoms with Gasteiger partial charge in [0.05, 0.1) is 12.0 Å². The van der Waals surface area contributed by atoms with Gasteiger partial charge >= 0.3 is 12.1 Å². The molecule has 0 atom stereocenters. The standard InChI is InChI=1S/C21H19F3N2O3/c22-21(23,24)16-10-14(4-5-15(16)13-2-3-13)20-26-17-6-1-12(9-18(17)29-20)11-25-8-7-19(27)28/h1,4-6,9-10,13,25H,2-3,7-8,11H2,(H,27,28). The highest BCUT2D eigenvalue weighted by Crippen LogP contribution is 2.46. The summed E-state index contributed by atoms with van der Waals surface area (Å²) in [5.74, 6) is -0.747. The van der Waals surface area contributed by atoms with Crippen LogP contribution >= 0.6 is 0 Å². The molecule has 0 saturated heterocycles. The Morgan fingerprint density at radius 2 is 2.00 bits per heavy atom. The summed E-state index contributed by atoms with van der Waals surface area (Å²) in [6, 6.07) is 9.58. The van der Waals surface area contributed by atoms with Gasteiger partial charge in [-0.2, -0.15) is 13.2 Å². The van der Waals surface area contributed by atoms with E-state index in [0.717, 1.165) is 24.5 Å². The lowest BCUT2D eigenvalue weighted by Crippen LogP contribution is -2.17. The van der Waals surface area contributed by atoms with Crippen LogP contribution in [0.1, 0.15) is 41.9 Å². The van der Waals surface area contributed by atoms with E-state index in [4.69, 9.17) is 9.52 Å². The highest BCUT2D eigenvalue weighted by atomic mass is 19.4. The van der Waals surface area contributed by atoms with Crippen molar-refractivity contribution in [2.75, 3.05) is 6.54 Å². The van der Waals surface area contributed by atoms with E-state index >= 15 is 0 Å². The van der Waals surface area contributed by atoms with Gasteiger partial charge in [0.1, 0.15) is 5.52 Å². The van der Waals surface area contributed by atoms with E-state index in [9.17, 15) is 18.0 Å². The number of hydrogen-bond acceptors (Lipinski definition) is 4. The van der Waals surface area contributed by atoms with Crippen molar-refractivity contribution in [3.63, 3.8) is 0 Å². The van der Waals surface area contributed by atoms with Crippen molar-refractivity contribution in [3.8, 4) is 11.5 Å². The second-order valence-electron chi connectivity index (χ2n) is 7.22. The van der Waals surface area contributed by atoms with Crippen molar-refractivity contribution >= 4 is 17.1 Å². The summed E-state index contributed by atoms with van der Waals surface area (Å²) < 4.78 is 46.2. The molecule has 0 amide bonds. The average Bonchev–Trinajstić information content (AvgIpc) is 3.42. The summed E-state index contributed by atoms with van der Waals surface area (Å²) in [6.45, 7) is 0.788. The summed E-state index contributed by atoms with van der Waals surface area (Å²) in [5, 5.41) is 11.7. The largest absolute Gasteiger partial charge is 0.481 e. The van der Waals surface area contributed by atoms with Gasteiger partial charge < -0.3 is 14.8 Å². The lowest BCUT2D eigenvalue weighted by atomic mass is 10.00. The molecule has 2 N–H and O–H groups in total. The maximum absolute atomic E-state index is 13.5. The van der Waals surface area contributed by atoms with Gasteiger partial charge in [-0.1, -0.05) is 12.1 Å². The Kier molecular flexibility index (Phi) is 5.04. The molecule has 0 aliphatic heterocycles. The molecule has 0 radical (unpaired) electrons. The molecule has 1 saturated carbocycles. The van der Waals surface area contributed by atoms with Gasteiger partial charge in [0.15, 0.2) is 5.58 Å². The number of fused-ring (bicyclic) bond motifs is 1. The van der Waals surface area contributed by atoms with Crippen LogP contribution in [0.25, 0.3) is 22.6 Å². The molecule has 1 aliphatic carbocycles. The Balaban J connectivity index is 1.58. The number of benzene rings is 2. The van der Waals surface area contributed by atoms with Gasteiger partial charge in [0.25, 0.3) is 0 Å². The maximum Gasteiger partial charge on any atom is 0.416 e. The molecule has 0 spiro atoms. The van der Waals surface area contributed by atoms with Crippen molar-refractivity contribution in [2.45, 2.75) is 37.9 Å². The molecular formula is C21H19F3N2O3. The number of halogens is 3. The highest BCUT2D eigenvalue weighted by Gasteiger charge is 2.38. The van der Waals surface area contributed by atoms with E-state index in [2.05, 4.69) is 10.3 Å². The zero-order valence-corrected chi connectivity index (χ0v) is 15.4. The fourth-order valence-electron chi connectivity index (χ4n) is 3.32. The third-order valence-corrected chi connectivity index (χ3v) is 4.92. The van der Waals surface area contributed by atoms with E-state index < -0.39 is 17.7 Å². The number of alkyl halides is 3. The number of carboxylic acids is 1. The van der Waals surface area contributed by atoms with Crippen molar-refractivity contribution in [3.05, 3.63) is 53.1 Å². The first-order valence-electron chi connectivity index (χ1n) is 9.35. The Labute approximate surface area is 164 Å². The summed E-state index contributed by atoms with van der Waals surface area (Å²) in [4.78, 5) is 14.9. The number of hydrogen-bond donors (Lipinski definition) is 2. The average molecular weight is 404 g/mol. The van der Waals surface area contributed by atoms with Crippen LogP contribution in [0.4, 0.5) is 13.2 Å². The number of rotatable bonds is 7. The monoisotopic (exact) mass is 404 g/mol. The number of nitrogens with zero attached hydrogens (tertiary/aromatic N) is 1. The third-order valence-electron chi connectivity index (χ3n) is 4.92. The van der Waals surface area contributed by atoms with Crippen LogP contribution in [0.3, 0.4) is 0 Å². The maximum atomic E-state index is 13.5. The smallest absolute Gasteiger partial charge is 0.416 e. The Morgan fingerprint density at radius 3 is 2.69 bits per heavy atom. The van der Waals surface area contributed by atoms with Crippen LogP contribution in [0.15, 0.2) is 40.8 Å². The number of aromatic nitrogens is 1. The number of carbonyl (C=O) groups is 1. The quantitative estimate of drug-likeness (QED) is 0.545. The molecule has 4 rings (SSSR count). The first kappa shape index (κ1) is 19.4. The second kappa shape index (κ2) is 7.51.